The Balaban J connectivity index is 2.41. The van der Waals surface area contributed by atoms with Gasteiger partial charge in [-0.1, -0.05) is 0 Å². The second kappa shape index (κ2) is 5.17. The zero-order chi connectivity index (χ0) is 14.2. The Hall–Kier alpha value is -0.0151. The first-order chi connectivity index (χ1) is 7.93. The molecule has 1 aliphatic rings. The minimum absolute atomic E-state index is 0.332. The summed E-state index contributed by atoms with van der Waals surface area (Å²) in [4.78, 5) is 11.2. The molecule has 1 amide bonds. The topological polar surface area (TPSA) is 56.8 Å². The maximum absolute atomic E-state index is 11.5. The van der Waals surface area contributed by atoms with E-state index in [0.29, 0.717) is 0 Å². The van der Waals surface area contributed by atoms with Crippen LogP contribution in [0.1, 0.15) is 48.5 Å². The molecule has 1 N–H and O–H groups in total. The standard InChI is InChI=1S/C11H22BINO4/c1-9(2,3)16-8(15)14-13-12-17-10(4,5)11(6,7)18-12/h1-7H3,(H,14,15)/q-1. The summed E-state index contributed by atoms with van der Waals surface area (Å²) in [6.07, 6.45) is -0.412. The van der Waals surface area contributed by atoms with E-state index in [2.05, 4.69) is 3.53 Å². The Morgan fingerprint density at radius 1 is 1.17 bits per heavy atom. The van der Waals surface area contributed by atoms with Gasteiger partial charge in [0, 0.05) is 0 Å². The molecule has 0 unspecified atom stereocenters. The molecule has 0 saturated carbocycles. The monoisotopic (exact) mass is 370 g/mol. The van der Waals surface area contributed by atoms with Gasteiger partial charge in [0.15, 0.2) is 0 Å². The van der Waals surface area contributed by atoms with Crippen molar-refractivity contribution in [3.8, 4) is 0 Å². The molecule has 5 nitrogen and oxygen atoms in total. The number of ether oxygens (including phenoxy) is 1. The van der Waals surface area contributed by atoms with E-state index >= 15 is 0 Å². The minimum atomic E-state index is -0.762. The quantitative estimate of drug-likeness (QED) is 0.389. The summed E-state index contributed by atoms with van der Waals surface area (Å²) >= 11 is -0.762. The van der Waals surface area contributed by atoms with Gasteiger partial charge in [-0.05, 0) is 0 Å². The van der Waals surface area contributed by atoms with E-state index in [-0.39, 0.29) is 16.2 Å². The Morgan fingerprint density at radius 3 is 2.00 bits per heavy atom. The molecule has 0 bridgehead atoms. The van der Waals surface area contributed by atoms with Crippen LogP contribution in [0.2, 0.25) is 0 Å². The van der Waals surface area contributed by atoms with Crippen molar-refractivity contribution >= 4 is 11.1 Å². The second-order valence-electron chi connectivity index (χ2n) is 6.24. The third-order valence-electron chi connectivity index (χ3n) is 2.84. The average molecular weight is 370 g/mol. The van der Waals surface area contributed by atoms with Gasteiger partial charge in [0.1, 0.15) is 0 Å². The molecule has 1 rings (SSSR count). The molecular weight excluding hydrogens is 348 g/mol. The van der Waals surface area contributed by atoms with Gasteiger partial charge in [0.25, 0.3) is 0 Å². The van der Waals surface area contributed by atoms with Gasteiger partial charge in [0.2, 0.25) is 0 Å². The molecule has 1 fully saturated rings. The summed E-state index contributed by atoms with van der Waals surface area (Å²) in [7, 11) is 0. The fourth-order valence-corrected chi connectivity index (χ4v) is 3.35. The maximum atomic E-state index is 11.5. The zero-order valence-corrected chi connectivity index (χ0v) is 14.2. The summed E-state index contributed by atoms with van der Waals surface area (Å²) in [6.45, 7) is 13.5. The van der Waals surface area contributed by atoms with Crippen LogP contribution in [0, 0.1) is 0 Å². The Labute approximate surface area is 120 Å². The number of hydrogen-bond acceptors (Lipinski definition) is 4. The number of carbonyl (C=O) groups is 1. The summed E-state index contributed by atoms with van der Waals surface area (Å²) in [5.74, 6) is 0. The summed E-state index contributed by atoms with van der Waals surface area (Å²) < 4.78 is 19.5. The summed E-state index contributed by atoms with van der Waals surface area (Å²) in [5.41, 5.74) is -1.19. The molecule has 0 aromatic heterocycles. The van der Waals surface area contributed by atoms with Crippen molar-refractivity contribution < 1.29 is 40.1 Å². The summed E-state index contributed by atoms with van der Waals surface area (Å²) in [6, 6.07) is 0. The number of hydrogen-bond donors (Lipinski definition) is 1. The second-order valence-corrected chi connectivity index (χ2v) is 8.42. The van der Waals surface area contributed by atoms with Crippen molar-refractivity contribution in [2.24, 2.45) is 0 Å². The molecule has 0 radical (unpaired) electrons. The summed E-state index contributed by atoms with van der Waals surface area (Å²) in [5, 5.41) is 0. The van der Waals surface area contributed by atoms with Gasteiger partial charge < -0.3 is 0 Å². The molecule has 0 aromatic carbocycles. The first kappa shape index (κ1) is 16.0. The van der Waals surface area contributed by atoms with Gasteiger partial charge in [-0.25, -0.2) is 0 Å². The van der Waals surface area contributed by atoms with Crippen LogP contribution < -0.4 is 24.8 Å². The van der Waals surface area contributed by atoms with E-state index < -0.39 is 33.0 Å². The first-order valence-electron chi connectivity index (χ1n) is 5.90. The van der Waals surface area contributed by atoms with E-state index in [9.17, 15) is 4.79 Å². The van der Waals surface area contributed by atoms with Crippen LogP contribution in [0.15, 0.2) is 0 Å². The molecular formula is C11H22BINO4-. The molecule has 0 aromatic rings. The van der Waals surface area contributed by atoms with Crippen molar-refractivity contribution in [1.82, 2.24) is 3.53 Å². The van der Waals surface area contributed by atoms with Crippen LogP contribution in [0.4, 0.5) is 4.79 Å². The van der Waals surface area contributed by atoms with Crippen molar-refractivity contribution in [3.05, 3.63) is 0 Å². The van der Waals surface area contributed by atoms with Crippen molar-refractivity contribution in [3.63, 3.8) is 0 Å². The number of rotatable bonds is 2. The molecule has 1 saturated heterocycles. The van der Waals surface area contributed by atoms with E-state index in [4.69, 9.17) is 14.0 Å². The van der Waals surface area contributed by atoms with Crippen LogP contribution >= 0.6 is 0 Å². The van der Waals surface area contributed by atoms with Gasteiger partial charge in [-0.2, -0.15) is 0 Å². The molecule has 106 valence electrons. The Kier molecular flexibility index (Phi) is 4.60. The van der Waals surface area contributed by atoms with Crippen LogP contribution in [-0.4, -0.2) is 27.9 Å². The van der Waals surface area contributed by atoms with Crippen molar-refractivity contribution in [2.75, 3.05) is 0 Å². The predicted molar refractivity (Wildman–Crippen MR) is 65.5 cm³/mol. The van der Waals surface area contributed by atoms with Crippen LogP contribution in [0.3, 0.4) is 0 Å². The molecule has 0 aliphatic carbocycles. The number of nitrogens with one attached hydrogen (secondary N) is 1. The fourth-order valence-electron chi connectivity index (χ4n) is 1.20. The molecule has 0 atom stereocenters. The van der Waals surface area contributed by atoms with E-state index in [1.54, 1.807) is 0 Å². The van der Waals surface area contributed by atoms with E-state index in [0.717, 1.165) is 0 Å². The van der Waals surface area contributed by atoms with Crippen molar-refractivity contribution in [1.29, 1.82) is 0 Å². The molecule has 0 spiro atoms. The molecule has 18 heavy (non-hydrogen) atoms. The van der Waals surface area contributed by atoms with Gasteiger partial charge >= 0.3 is 120 Å². The fraction of sp³-hybridized carbons (Fsp3) is 0.909. The Morgan fingerprint density at radius 2 is 1.61 bits per heavy atom. The van der Waals surface area contributed by atoms with Crippen LogP contribution in [-0.2, 0) is 14.0 Å². The SMILES string of the molecule is CC(C)(C)OC(=O)N[I-]B1OC(C)(C)C(C)(C)O1. The molecule has 1 aliphatic heterocycles. The third-order valence-corrected chi connectivity index (χ3v) is 4.61. The number of halogens is 1. The average Bonchev–Trinajstić information content (AvgIpc) is 2.29. The first-order valence-corrected chi connectivity index (χ1v) is 8.22. The van der Waals surface area contributed by atoms with E-state index in [1.807, 2.05) is 48.5 Å². The van der Waals surface area contributed by atoms with Gasteiger partial charge in [-0.3, -0.25) is 0 Å². The normalized spacial score (nSPS) is 22.1. The molecule has 1 heterocycles. The van der Waals surface area contributed by atoms with Crippen LogP contribution in [0.5, 0.6) is 0 Å². The zero-order valence-electron chi connectivity index (χ0n) is 12.1. The van der Waals surface area contributed by atoms with Crippen LogP contribution in [0.25, 0.3) is 0 Å². The predicted octanol–water partition coefficient (Wildman–Crippen LogP) is -0.896. The Bertz CT molecular complexity index is 311. The van der Waals surface area contributed by atoms with Gasteiger partial charge in [-0.15, -0.1) is 0 Å². The number of carbonyl (C=O) groups excluding carboxylic acids is 1. The van der Waals surface area contributed by atoms with Crippen molar-refractivity contribution in [2.45, 2.75) is 65.3 Å². The van der Waals surface area contributed by atoms with E-state index in [1.165, 1.54) is 0 Å². The molecule has 7 heteroatoms. The van der Waals surface area contributed by atoms with Gasteiger partial charge in [0.05, 0.1) is 0 Å². The number of amides is 1. The third kappa shape index (κ3) is 4.27.